The Bertz CT molecular complexity index is 1110. The van der Waals surface area contributed by atoms with Gasteiger partial charge in [-0.15, -0.1) is 22.7 Å². The van der Waals surface area contributed by atoms with Crippen LogP contribution in [0.3, 0.4) is 0 Å². The van der Waals surface area contributed by atoms with Crippen LogP contribution in [-0.2, 0) is 0 Å². The Hall–Kier alpha value is -1.29. The fraction of sp³-hybridized carbons (Fsp3) is 0.448. The predicted molar refractivity (Wildman–Crippen MR) is 151 cm³/mol. The third-order valence-corrected chi connectivity index (χ3v) is 12.8. The summed E-state index contributed by atoms with van der Waals surface area (Å²) in [5, 5.41) is 0.990. The Labute approximate surface area is 205 Å². The van der Waals surface area contributed by atoms with Crippen LogP contribution in [0.15, 0.2) is 59.2 Å². The maximum absolute atomic E-state index is 4.44. The number of allylic oxidation sites excluding steroid dienone is 5. The second-order valence-corrected chi connectivity index (χ2v) is 17.1. The summed E-state index contributed by atoms with van der Waals surface area (Å²) in [5.41, 5.74) is 8.71. The molecule has 0 saturated heterocycles. The minimum atomic E-state index is -1.07. The highest BCUT2D eigenvalue weighted by atomic mass is 32.3. The monoisotopic (exact) mass is 482 g/mol. The molecular formula is C29H38S3. The van der Waals surface area contributed by atoms with Crippen LogP contribution in [0.25, 0.3) is 11.1 Å². The highest BCUT2D eigenvalue weighted by Gasteiger charge is 2.46. The minimum Gasteiger partial charge on any atom is -0.224 e. The molecule has 0 spiro atoms. The van der Waals surface area contributed by atoms with Gasteiger partial charge in [0.1, 0.15) is 0 Å². The quantitative estimate of drug-likeness (QED) is 0.398. The maximum Gasteiger partial charge on any atom is 0.0596 e. The van der Waals surface area contributed by atoms with Gasteiger partial charge in [-0.05, 0) is 79.5 Å². The average molecular weight is 483 g/mol. The fourth-order valence-corrected chi connectivity index (χ4v) is 12.7. The molecule has 4 rings (SSSR count). The normalized spacial score (nSPS) is 21.7. The van der Waals surface area contributed by atoms with Gasteiger partial charge in [-0.1, -0.05) is 63.6 Å². The van der Waals surface area contributed by atoms with Crippen LogP contribution in [0, 0.1) is 25.7 Å². The zero-order chi connectivity index (χ0) is 23.5. The smallest absolute Gasteiger partial charge is 0.0596 e. The lowest BCUT2D eigenvalue weighted by atomic mass is 9.97. The number of aryl methyl sites for hydroxylation is 2. The van der Waals surface area contributed by atoms with Gasteiger partial charge in [0.25, 0.3) is 0 Å². The van der Waals surface area contributed by atoms with E-state index in [9.17, 15) is 0 Å². The van der Waals surface area contributed by atoms with Crippen molar-refractivity contribution in [3.8, 4) is 11.1 Å². The molecule has 0 aromatic carbocycles. The van der Waals surface area contributed by atoms with Crippen molar-refractivity contribution in [1.82, 2.24) is 0 Å². The summed E-state index contributed by atoms with van der Waals surface area (Å²) in [6.45, 7) is 20.4. The first-order valence-electron chi connectivity index (χ1n) is 11.6. The van der Waals surface area contributed by atoms with Gasteiger partial charge in [-0.2, -0.15) is 0 Å². The number of hydrogen-bond donors (Lipinski definition) is 0. The summed E-state index contributed by atoms with van der Waals surface area (Å²) in [7, 11) is -1.07. The van der Waals surface area contributed by atoms with E-state index in [1.807, 2.05) is 22.7 Å². The van der Waals surface area contributed by atoms with E-state index in [1.165, 1.54) is 43.2 Å². The SMILES string of the molecule is C=C(C=C1/C(=C/C(C)C)C=C(C)C1S(C)(C)C1c2sc(C)cc2-c2cc(C)sc21)C(C)C. The van der Waals surface area contributed by atoms with Crippen molar-refractivity contribution in [2.75, 3.05) is 12.5 Å². The number of rotatable bonds is 5. The zero-order valence-electron chi connectivity index (χ0n) is 21.1. The lowest BCUT2D eigenvalue weighted by molar-refractivity contribution is 0.792. The van der Waals surface area contributed by atoms with Gasteiger partial charge in [-0.3, -0.25) is 0 Å². The molecule has 2 aliphatic carbocycles. The summed E-state index contributed by atoms with van der Waals surface area (Å²) < 4.78 is 0. The number of thiophene rings is 2. The largest absolute Gasteiger partial charge is 0.224 e. The minimum absolute atomic E-state index is 0.465. The second-order valence-electron chi connectivity index (χ2n) is 10.6. The van der Waals surface area contributed by atoms with Crippen LogP contribution in [0.5, 0.6) is 0 Å². The van der Waals surface area contributed by atoms with Gasteiger partial charge in [0.05, 0.1) is 5.25 Å². The Morgan fingerprint density at radius 2 is 1.47 bits per heavy atom. The third-order valence-electron chi connectivity index (χ3n) is 6.76. The molecule has 0 saturated carbocycles. The summed E-state index contributed by atoms with van der Waals surface area (Å²) in [6, 6.07) is 4.86. The van der Waals surface area contributed by atoms with Crippen molar-refractivity contribution in [1.29, 1.82) is 0 Å². The Kier molecular flexibility index (Phi) is 6.33. The first kappa shape index (κ1) is 23.9. The van der Waals surface area contributed by atoms with E-state index >= 15 is 0 Å². The summed E-state index contributed by atoms with van der Waals surface area (Å²) >= 11 is 4.05. The molecule has 1 atom stereocenters. The van der Waals surface area contributed by atoms with Crippen molar-refractivity contribution < 1.29 is 0 Å². The van der Waals surface area contributed by atoms with Crippen LogP contribution in [0.4, 0.5) is 0 Å². The van der Waals surface area contributed by atoms with E-state index in [0.717, 1.165) is 0 Å². The topological polar surface area (TPSA) is 0 Å². The molecular weight excluding hydrogens is 445 g/mol. The van der Waals surface area contributed by atoms with Gasteiger partial charge >= 0.3 is 0 Å². The summed E-state index contributed by atoms with van der Waals surface area (Å²) in [4.78, 5) is 6.10. The van der Waals surface area contributed by atoms with Crippen molar-refractivity contribution in [3.63, 3.8) is 0 Å². The molecule has 0 bridgehead atoms. The van der Waals surface area contributed by atoms with Crippen molar-refractivity contribution in [2.24, 2.45) is 11.8 Å². The molecule has 0 radical (unpaired) electrons. The molecule has 2 aliphatic rings. The van der Waals surface area contributed by atoms with Crippen LogP contribution < -0.4 is 0 Å². The van der Waals surface area contributed by atoms with Crippen molar-refractivity contribution in [3.05, 3.63) is 78.7 Å². The van der Waals surface area contributed by atoms with Gasteiger partial charge in [-0.25, -0.2) is 10.0 Å². The maximum atomic E-state index is 4.44. The van der Waals surface area contributed by atoms with Gasteiger partial charge in [0, 0.05) is 24.8 Å². The Morgan fingerprint density at radius 1 is 0.938 bits per heavy atom. The van der Waals surface area contributed by atoms with E-state index in [1.54, 1.807) is 9.75 Å². The average Bonchev–Trinajstić information content (AvgIpc) is 3.35. The van der Waals surface area contributed by atoms with Gasteiger partial charge < -0.3 is 0 Å². The second kappa shape index (κ2) is 8.49. The van der Waals surface area contributed by atoms with E-state index < -0.39 is 10.0 Å². The predicted octanol–water partition coefficient (Wildman–Crippen LogP) is 9.61. The first-order valence-corrected chi connectivity index (χ1v) is 15.9. The molecule has 32 heavy (non-hydrogen) atoms. The van der Waals surface area contributed by atoms with Gasteiger partial charge in [0.15, 0.2) is 0 Å². The van der Waals surface area contributed by atoms with Crippen LogP contribution >= 0.6 is 32.7 Å². The molecule has 2 aromatic rings. The summed E-state index contributed by atoms with van der Waals surface area (Å²) in [6.07, 6.45) is 12.5. The highest BCUT2D eigenvalue weighted by molar-refractivity contribution is 8.33. The van der Waals surface area contributed by atoms with Gasteiger partial charge in [0.2, 0.25) is 0 Å². The fourth-order valence-electron chi connectivity index (χ4n) is 5.32. The lowest BCUT2D eigenvalue weighted by Gasteiger charge is -2.45. The molecule has 0 amide bonds. The first-order chi connectivity index (χ1) is 14.9. The van der Waals surface area contributed by atoms with Crippen LogP contribution in [0.2, 0.25) is 0 Å². The van der Waals surface area contributed by atoms with Crippen molar-refractivity contribution >= 4 is 32.7 Å². The van der Waals surface area contributed by atoms with Crippen LogP contribution in [-0.4, -0.2) is 17.8 Å². The molecule has 0 nitrogen and oxygen atoms in total. The van der Waals surface area contributed by atoms with E-state index in [0.29, 0.717) is 22.3 Å². The Morgan fingerprint density at radius 3 is 1.94 bits per heavy atom. The zero-order valence-corrected chi connectivity index (χ0v) is 23.6. The molecule has 172 valence electrons. The van der Waals surface area contributed by atoms with Crippen molar-refractivity contribution in [2.45, 2.75) is 59.0 Å². The Balaban J connectivity index is 1.88. The molecule has 2 aromatic heterocycles. The standard InChI is InChI=1S/C29H38S3/c1-16(2)11-22-12-19(6)28(23(22)13-18(5)17(3)4)32(9,10)29-26-24(14-20(7)30-26)25-15-21(8)31-27(25)29/h11-17,28-29H,5H2,1-4,6-10H3/b22-11+,23-13?. The molecule has 0 N–H and O–H groups in total. The van der Waals surface area contributed by atoms with E-state index in [-0.39, 0.29) is 0 Å². The molecule has 0 aliphatic heterocycles. The third kappa shape index (κ3) is 3.95. The summed E-state index contributed by atoms with van der Waals surface area (Å²) in [5.74, 6) is 0.998. The molecule has 1 unspecified atom stereocenters. The lowest BCUT2D eigenvalue weighted by Crippen LogP contribution is -2.23. The number of hydrogen-bond acceptors (Lipinski definition) is 2. The van der Waals surface area contributed by atoms with Crippen LogP contribution in [0.1, 0.15) is 59.4 Å². The number of fused-ring (bicyclic) bond motifs is 3. The molecule has 0 fully saturated rings. The van der Waals surface area contributed by atoms with E-state index in [2.05, 4.69) is 97.9 Å². The molecule has 3 heteroatoms. The van der Waals surface area contributed by atoms with E-state index in [4.69, 9.17) is 0 Å². The highest BCUT2D eigenvalue weighted by Crippen LogP contribution is 2.72. The molecule has 2 heterocycles.